The second kappa shape index (κ2) is 19.3. The molecule has 2 N–H and O–H groups in total. The molecule has 2 aliphatic heterocycles. The standard InChI is InChI=1S/C45H46F5N9O6/c1-56-37-22-28(9-12-35(37)59(44(56)63)36-13-14-38(60)54-42(36)62)5-3-19-57-20-21-64-32(24-57)6-2-4-27-7-10-31(11-8-27)58-25-33(39(55-58)40(46)47)52-41(61)34-26-65-43(53-34)29-16-18-51-30(23-29)15-17-45(48,49)50/h7-12,16,18,22-23,25-26,32,36,40H,2-6,13-15,17,19-21,24H2,1H3,(H,52,61)(H,54,60,62)/t32-,36?/m0/s1. The number of amides is 3. The summed E-state index contributed by atoms with van der Waals surface area (Å²) in [4.78, 5) is 60.8. The number of aryl methyl sites for hydroxylation is 4. The molecule has 0 radical (unpaired) electrons. The third-order valence-electron chi connectivity index (χ3n) is 11.7. The van der Waals surface area contributed by atoms with Crippen LogP contribution in [0.1, 0.15) is 84.0 Å². The minimum Gasteiger partial charge on any atom is -0.444 e. The number of benzene rings is 2. The summed E-state index contributed by atoms with van der Waals surface area (Å²) in [5.41, 5.74) is 3.09. The molecule has 2 aliphatic rings. The number of fused-ring (bicyclic) bond motifs is 1. The van der Waals surface area contributed by atoms with Gasteiger partial charge < -0.3 is 14.5 Å². The summed E-state index contributed by atoms with van der Waals surface area (Å²) in [6, 6.07) is 15.3. The molecule has 1 unspecified atom stereocenters. The Kier molecular flexibility index (Phi) is 13.4. The first-order chi connectivity index (χ1) is 31.2. The zero-order valence-corrected chi connectivity index (χ0v) is 35.3. The maximum absolute atomic E-state index is 14.1. The Morgan fingerprint density at radius 3 is 2.54 bits per heavy atom. The summed E-state index contributed by atoms with van der Waals surface area (Å²) in [7, 11) is 1.69. The van der Waals surface area contributed by atoms with E-state index in [4.69, 9.17) is 9.15 Å². The maximum Gasteiger partial charge on any atom is 0.389 e. The second-order valence-corrected chi connectivity index (χ2v) is 16.3. The Bertz CT molecular complexity index is 2740. The molecule has 65 heavy (non-hydrogen) atoms. The average molecular weight is 904 g/mol. The van der Waals surface area contributed by atoms with Crippen molar-refractivity contribution in [3.05, 3.63) is 112 Å². The molecule has 4 aromatic heterocycles. The quantitative estimate of drug-likeness (QED) is 0.0770. The van der Waals surface area contributed by atoms with Crippen molar-refractivity contribution in [3.63, 3.8) is 0 Å². The zero-order chi connectivity index (χ0) is 45.8. The lowest BCUT2D eigenvalue weighted by Crippen LogP contribution is -2.44. The number of nitrogens with zero attached hydrogens (tertiary/aromatic N) is 7. The number of piperidine rings is 1. The highest BCUT2D eigenvalue weighted by Crippen LogP contribution is 2.29. The predicted octanol–water partition coefficient (Wildman–Crippen LogP) is 6.89. The van der Waals surface area contributed by atoms with Gasteiger partial charge in [0, 0.05) is 50.4 Å². The smallest absolute Gasteiger partial charge is 0.389 e. The number of alkyl halides is 5. The fourth-order valence-corrected chi connectivity index (χ4v) is 8.30. The molecule has 0 spiro atoms. The van der Waals surface area contributed by atoms with Gasteiger partial charge in [-0.1, -0.05) is 18.2 Å². The number of ether oxygens (including phenoxy) is 1. The van der Waals surface area contributed by atoms with Crippen LogP contribution in [0.5, 0.6) is 0 Å². The Morgan fingerprint density at radius 1 is 0.985 bits per heavy atom. The molecule has 0 bridgehead atoms. The summed E-state index contributed by atoms with van der Waals surface area (Å²) in [6.45, 7) is 3.16. The highest BCUT2D eigenvalue weighted by atomic mass is 19.4. The van der Waals surface area contributed by atoms with Crippen LogP contribution in [0, 0.1) is 0 Å². The normalized spacial score (nSPS) is 17.3. The molecule has 0 saturated carbocycles. The summed E-state index contributed by atoms with van der Waals surface area (Å²) in [5, 5.41) is 8.79. The number of aromatic nitrogens is 6. The molecular formula is C45H46F5N9O6. The van der Waals surface area contributed by atoms with E-state index in [0.29, 0.717) is 23.4 Å². The van der Waals surface area contributed by atoms with Crippen LogP contribution < -0.4 is 16.3 Å². The third kappa shape index (κ3) is 10.7. The molecule has 342 valence electrons. The number of imidazole rings is 1. The number of oxazole rings is 1. The average Bonchev–Trinajstić information content (AvgIpc) is 4.01. The van der Waals surface area contributed by atoms with Crippen molar-refractivity contribution in [2.45, 2.75) is 82.5 Å². The Labute approximate surface area is 368 Å². The van der Waals surface area contributed by atoms with Crippen LogP contribution in [0.2, 0.25) is 0 Å². The van der Waals surface area contributed by atoms with Gasteiger partial charge in [0.1, 0.15) is 12.3 Å². The number of carbonyl (C=O) groups is 3. The van der Waals surface area contributed by atoms with Crippen LogP contribution in [-0.4, -0.2) is 90.0 Å². The number of nitrogens with one attached hydrogen (secondary N) is 2. The number of morpholine rings is 1. The molecule has 2 saturated heterocycles. The highest BCUT2D eigenvalue weighted by molar-refractivity contribution is 6.03. The minimum absolute atomic E-state index is 0.0536. The summed E-state index contributed by atoms with van der Waals surface area (Å²) >= 11 is 0. The first-order valence-corrected chi connectivity index (χ1v) is 21.3. The van der Waals surface area contributed by atoms with E-state index in [2.05, 4.69) is 30.6 Å². The van der Waals surface area contributed by atoms with Gasteiger partial charge in [0.2, 0.25) is 17.7 Å². The predicted molar refractivity (Wildman–Crippen MR) is 227 cm³/mol. The Morgan fingerprint density at radius 2 is 1.77 bits per heavy atom. The first kappa shape index (κ1) is 45.0. The van der Waals surface area contributed by atoms with E-state index in [1.807, 2.05) is 30.3 Å². The minimum atomic E-state index is -4.35. The zero-order valence-electron chi connectivity index (χ0n) is 35.3. The monoisotopic (exact) mass is 903 g/mol. The summed E-state index contributed by atoms with van der Waals surface area (Å²) < 4.78 is 82.0. The van der Waals surface area contributed by atoms with Gasteiger partial charge >= 0.3 is 11.9 Å². The molecule has 3 amide bonds. The number of pyridine rings is 1. The van der Waals surface area contributed by atoms with Gasteiger partial charge in [0.15, 0.2) is 11.4 Å². The van der Waals surface area contributed by atoms with Gasteiger partial charge in [-0.2, -0.15) is 18.3 Å². The van der Waals surface area contributed by atoms with E-state index in [-0.39, 0.29) is 59.9 Å². The molecule has 0 aliphatic carbocycles. The van der Waals surface area contributed by atoms with Crippen molar-refractivity contribution >= 4 is 34.4 Å². The van der Waals surface area contributed by atoms with E-state index >= 15 is 0 Å². The van der Waals surface area contributed by atoms with Gasteiger partial charge in [-0.05, 0) is 99.0 Å². The van der Waals surface area contributed by atoms with Crippen molar-refractivity contribution in [2.75, 3.05) is 31.6 Å². The SMILES string of the molecule is Cn1c(=O)n(C2CCC(=O)NC2=O)c2ccc(CCCN3CCO[C@@H](CCCc4ccc(-n5cc(NC(=O)c6coc(-c7ccnc(CCC(F)(F)F)c7)n6)c(C(F)F)n5)cc4)C3)cc21. The fraction of sp³-hybridized carbons (Fsp3) is 0.400. The molecule has 2 aromatic carbocycles. The van der Waals surface area contributed by atoms with Crippen LogP contribution >= 0.6 is 0 Å². The number of imide groups is 1. The molecule has 2 fully saturated rings. The number of carbonyl (C=O) groups excluding carboxylic acids is 3. The number of hydrogen-bond acceptors (Lipinski definition) is 10. The second-order valence-electron chi connectivity index (χ2n) is 16.3. The van der Waals surface area contributed by atoms with E-state index < -0.39 is 42.6 Å². The molecule has 6 heterocycles. The van der Waals surface area contributed by atoms with Crippen LogP contribution in [0.3, 0.4) is 0 Å². The lowest BCUT2D eigenvalue weighted by molar-refractivity contribution is -0.136. The van der Waals surface area contributed by atoms with Gasteiger partial charge in [-0.15, -0.1) is 0 Å². The highest BCUT2D eigenvalue weighted by Gasteiger charge is 2.32. The van der Waals surface area contributed by atoms with Crippen molar-refractivity contribution in [3.8, 4) is 17.1 Å². The van der Waals surface area contributed by atoms with E-state index in [1.165, 1.54) is 33.8 Å². The lowest BCUT2D eigenvalue weighted by Gasteiger charge is -2.33. The van der Waals surface area contributed by atoms with Crippen LogP contribution in [0.4, 0.5) is 27.6 Å². The topological polar surface area (TPSA) is 171 Å². The molecule has 2 atom stereocenters. The first-order valence-electron chi connectivity index (χ1n) is 21.3. The van der Waals surface area contributed by atoms with Crippen LogP contribution in [-0.2, 0) is 40.6 Å². The summed E-state index contributed by atoms with van der Waals surface area (Å²) in [6.07, 6.45) is -0.406. The number of hydrogen-bond donors (Lipinski definition) is 2. The number of anilines is 1. The van der Waals surface area contributed by atoms with Crippen molar-refractivity contribution in [1.29, 1.82) is 0 Å². The molecule has 8 rings (SSSR count). The molecular weight excluding hydrogens is 858 g/mol. The fourth-order valence-electron chi connectivity index (χ4n) is 8.30. The van der Waals surface area contributed by atoms with Gasteiger partial charge in [0.05, 0.1) is 41.3 Å². The third-order valence-corrected chi connectivity index (χ3v) is 11.7. The largest absolute Gasteiger partial charge is 0.444 e. The number of rotatable bonds is 16. The van der Waals surface area contributed by atoms with E-state index in [9.17, 15) is 41.1 Å². The molecule has 20 heteroatoms. The van der Waals surface area contributed by atoms with Gasteiger partial charge in [0.25, 0.3) is 12.3 Å². The van der Waals surface area contributed by atoms with Crippen molar-refractivity contribution in [2.24, 2.45) is 7.05 Å². The van der Waals surface area contributed by atoms with Gasteiger partial charge in [-0.25, -0.2) is 23.2 Å². The van der Waals surface area contributed by atoms with Gasteiger partial charge in [-0.3, -0.25) is 38.7 Å². The Hall–Kier alpha value is -6.54. The van der Waals surface area contributed by atoms with E-state index in [1.54, 1.807) is 23.7 Å². The van der Waals surface area contributed by atoms with Crippen LogP contribution in [0.15, 0.2) is 82.5 Å². The van der Waals surface area contributed by atoms with Crippen molar-refractivity contribution in [1.82, 2.24) is 39.1 Å². The number of halogens is 5. The molecule has 6 aromatic rings. The van der Waals surface area contributed by atoms with E-state index in [0.717, 1.165) is 74.6 Å². The maximum atomic E-state index is 14.1. The van der Waals surface area contributed by atoms with Crippen molar-refractivity contribution < 1.29 is 45.5 Å². The lowest BCUT2D eigenvalue weighted by atomic mass is 10.0. The summed E-state index contributed by atoms with van der Waals surface area (Å²) in [5.74, 6) is -1.69. The van der Waals surface area contributed by atoms with Crippen LogP contribution in [0.25, 0.3) is 28.2 Å². The molecule has 15 nitrogen and oxygen atoms in total. The Balaban J connectivity index is 0.804.